The Labute approximate surface area is 139 Å². The quantitative estimate of drug-likeness (QED) is 0.909. The highest BCUT2D eigenvalue weighted by Gasteiger charge is 2.22. The van der Waals surface area contributed by atoms with Crippen LogP contribution in [-0.4, -0.2) is 38.6 Å². The van der Waals surface area contributed by atoms with Crippen LogP contribution in [0.25, 0.3) is 0 Å². The average Bonchev–Trinajstić information content (AvgIpc) is 2.79. The maximum atomic E-state index is 6.20. The van der Waals surface area contributed by atoms with Crippen molar-refractivity contribution in [2.24, 2.45) is 0 Å². The molecule has 2 aromatic rings. The summed E-state index contributed by atoms with van der Waals surface area (Å²) in [5.41, 5.74) is 1.96. The lowest BCUT2D eigenvalue weighted by atomic mass is 10.1. The lowest BCUT2D eigenvalue weighted by Gasteiger charge is -2.30. The summed E-state index contributed by atoms with van der Waals surface area (Å²) in [5.74, 6) is 0. The van der Waals surface area contributed by atoms with E-state index < -0.39 is 0 Å². The first-order chi connectivity index (χ1) is 10.8. The van der Waals surface area contributed by atoms with Crippen molar-refractivity contribution in [3.63, 3.8) is 0 Å². The van der Waals surface area contributed by atoms with Crippen molar-refractivity contribution in [2.75, 3.05) is 13.1 Å². The van der Waals surface area contributed by atoms with Crippen molar-refractivity contribution in [3.05, 3.63) is 40.1 Å². The van der Waals surface area contributed by atoms with Gasteiger partial charge < -0.3 is 5.32 Å². The van der Waals surface area contributed by atoms with Gasteiger partial charge in [-0.15, -0.1) is 5.10 Å². The normalized spacial score (nSPS) is 19.3. The molecule has 0 spiro atoms. The van der Waals surface area contributed by atoms with Gasteiger partial charge in [0.1, 0.15) is 10.0 Å². The first-order valence-electron chi connectivity index (χ1n) is 7.64. The molecule has 22 heavy (non-hydrogen) atoms. The van der Waals surface area contributed by atoms with Crippen LogP contribution in [0.2, 0.25) is 4.34 Å². The predicted molar refractivity (Wildman–Crippen MR) is 88.9 cm³/mol. The Morgan fingerprint density at radius 2 is 2.23 bits per heavy atom. The first-order valence-corrected chi connectivity index (χ1v) is 8.79. The number of nitrogens with zero attached hydrogens (tertiary/aromatic N) is 4. The fourth-order valence-electron chi connectivity index (χ4n) is 2.86. The van der Waals surface area contributed by atoms with E-state index in [1.165, 1.54) is 24.4 Å². The van der Waals surface area contributed by atoms with Crippen molar-refractivity contribution in [1.29, 1.82) is 0 Å². The molecule has 0 saturated carbocycles. The van der Waals surface area contributed by atoms with Crippen LogP contribution in [0.4, 0.5) is 0 Å². The Morgan fingerprint density at radius 3 is 3.00 bits per heavy atom. The molecule has 7 heteroatoms. The Kier molecular flexibility index (Phi) is 5.72. The topological polar surface area (TPSA) is 53.9 Å². The van der Waals surface area contributed by atoms with Crippen LogP contribution in [0.1, 0.15) is 30.7 Å². The summed E-state index contributed by atoms with van der Waals surface area (Å²) < 4.78 is 4.64. The summed E-state index contributed by atoms with van der Waals surface area (Å²) in [5, 5.41) is 7.65. The minimum Gasteiger partial charge on any atom is -0.317 e. The third kappa shape index (κ3) is 4.23. The first kappa shape index (κ1) is 15.8. The van der Waals surface area contributed by atoms with Crippen LogP contribution < -0.4 is 5.32 Å². The highest BCUT2D eigenvalue weighted by molar-refractivity contribution is 7.10. The van der Waals surface area contributed by atoms with Gasteiger partial charge >= 0.3 is 0 Å². The van der Waals surface area contributed by atoms with Gasteiger partial charge in [0.2, 0.25) is 0 Å². The molecule has 0 aromatic carbocycles. The van der Waals surface area contributed by atoms with E-state index in [0.717, 1.165) is 44.0 Å². The lowest BCUT2D eigenvalue weighted by Crippen LogP contribution is -2.35. The highest BCUT2D eigenvalue weighted by atomic mass is 35.5. The molecule has 1 N–H and O–H groups in total. The monoisotopic (exact) mass is 337 g/mol. The number of aromatic nitrogens is 3. The number of halogens is 1. The standard InChI is InChI=1S/C15H20ClN5S/c16-15-14(19-20-22-15)11-21(10-12-4-1-2-8-18-12)13-5-3-7-17-9-6-13/h1-2,4,8,13,17H,3,5-7,9-11H2/t13-/m1/s1. The summed E-state index contributed by atoms with van der Waals surface area (Å²) >= 11 is 7.45. The molecule has 0 amide bonds. The third-order valence-corrected chi connectivity index (χ3v) is 5.00. The van der Waals surface area contributed by atoms with Crippen molar-refractivity contribution >= 4 is 23.1 Å². The molecule has 1 saturated heterocycles. The fourth-order valence-corrected chi connectivity index (χ4v) is 3.48. The largest absolute Gasteiger partial charge is 0.317 e. The molecule has 5 nitrogen and oxygen atoms in total. The zero-order valence-electron chi connectivity index (χ0n) is 12.4. The molecule has 3 rings (SSSR count). The van der Waals surface area contributed by atoms with Crippen molar-refractivity contribution < 1.29 is 0 Å². The number of pyridine rings is 1. The van der Waals surface area contributed by atoms with E-state index in [-0.39, 0.29) is 0 Å². The van der Waals surface area contributed by atoms with Crippen LogP contribution in [0, 0.1) is 0 Å². The number of hydrogen-bond acceptors (Lipinski definition) is 6. The molecular weight excluding hydrogens is 318 g/mol. The number of rotatable bonds is 5. The molecule has 1 aliphatic rings. The van der Waals surface area contributed by atoms with Crippen molar-refractivity contribution in [1.82, 2.24) is 24.8 Å². The third-order valence-electron chi connectivity index (χ3n) is 4.02. The molecular formula is C15H20ClN5S. The highest BCUT2D eigenvalue weighted by Crippen LogP contribution is 2.23. The van der Waals surface area contributed by atoms with Crippen LogP contribution in [0.5, 0.6) is 0 Å². The van der Waals surface area contributed by atoms with Crippen LogP contribution in [-0.2, 0) is 13.1 Å². The Morgan fingerprint density at radius 1 is 1.27 bits per heavy atom. The van der Waals surface area contributed by atoms with E-state index in [1.807, 2.05) is 18.3 Å². The summed E-state index contributed by atoms with van der Waals surface area (Å²) in [6.07, 6.45) is 5.38. The Balaban J connectivity index is 1.76. The molecule has 0 aliphatic carbocycles. The maximum Gasteiger partial charge on any atom is 0.138 e. The Hall–Kier alpha value is -1.08. The molecule has 1 atom stereocenters. The summed E-state index contributed by atoms with van der Waals surface area (Å²) in [7, 11) is 0. The number of nitrogens with one attached hydrogen (secondary N) is 1. The summed E-state index contributed by atoms with van der Waals surface area (Å²) in [4.78, 5) is 6.91. The maximum absolute atomic E-state index is 6.20. The smallest absolute Gasteiger partial charge is 0.138 e. The predicted octanol–water partition coefficient (Wildman–Crippen LogP) is 2.73. The van der Waals surface area contributed by atoms with Gasteiger partial charge in [-0.1, -0.05) is 22.2 Å². The Bertz CT molecular complexity index is 568. The van der Waals surface area contributed by atoms with Gasteiger partial charge in [-0.2, -0.15) is 0 Å². The molecule has 1 aliphatic heterocycles. The van der Waals surface area contributed by atoms with Gasteiger partial charge in [-0.05, 0) is 44.5 Å². The fraction of sp³-hybridized carbons (Fsp3) is 0.533. The molecule has 0 bridgehead atoms. The van der Waals surface area contributed by atoms with E-state index in [1.54, 1.807) is 0 Å². The van der Waals surface area contributed by atoms with Gasteiger partial charge in [-0.25, -0.2) is 0 Å². The minimum absolute atomic E-state index is 0.523. The van der Waals surface area contributed by atoms with Gasteiger partial charge in [0.25, 0.3) is 0 Å². The summed E-state index contributed by atoms with van der Waals surface area (Å²) in [6, 6.07) is 6.58. The zero-order valence-corrected chi connectivity index (χ0v) is 14.0. The number of hydrogen-bond donors (Lipinski definition) is 1. The minimum atomic E-state index is 0.523. The van der Waals surface area contributed by atoms with Gasteiger partial charge in [0.15, 0.2) is 0 Å². The second-order valence-electron chi connectivity index (χ2n) is 5.55. The van der Waals surface area contributed by atoms with Crippen LogP contribution in [0.3, 0.4) is 0 Å². The van der Waals surface area contributed by atoms with E-state index in [9.17, 15) is 0 Å². The molecule has 1 fully saturated rings. The van der Waals surface area contributed by atoms with Gasteiger partial charge in [0.05, 0.1) is 5.69 Å². The molecule has 0 unspecified atom stereocenters. The molecule has 118 valence electrons. The van der Waals surface area contributed by atoms with Crippen molar-refractivity contribution in [3.8, 4) is 0 Å². The van der Waals surface area contributed by atoms with E-state index >= 15 is 0 Å². The van der Waals surface area contributed by atoms with E-state index in [0.29, 0.717) is 10.4 Å². The SMILES string of the molecule is Clc1snnc1CN(Cc1ccccn1)[C@@H]1CCCNCC1. The second-order valence-corrected chi connectivity index (χ2v) is 6.91. The van der Waals surface area contributed by atoms with Crippen molar-refractivity contribution in [2.45, 2.75) is 38.4 Å². The second kappa shape index (κ2) is 7.97. The lowest BCUT2D eigenvalue weighted by molar-refractivity contribution is 0.160. The average molecular weight is 338 g/mol. The summed E-state index contributed by atoms with van der Waals surface area (Å²) in [6.45, 7) is 3.72. The van der Waals surface area contributed by atoms with Gasteiger partial charge in [0, 0.05) is 36.9 Å². The molecule has 2 aromatic heterocycles. The molecule has 0 radical (unpaired) electrons. The zero-order chi connectivity index (χ0) is 15.2. The van der Waals surface area contributed by atoms with Gasteiger partial charge in [-0.3, -0.25) is 9.88 Å². The molecule has 3 heterocycles. The van der Waals surface area contributed by atoms with E-state index in [4.69, 9.17) is 11.6 Å². The van der Waals surface area contributed by atoms with Crippen LogP contribution >= 0.6 is 23.1 Å². The van der Waals surface area contributed by atoms with E-state index in [2.05, 4.69) is 30.9 Å². The van der Waals surface area contributed by atoms with Crippen LogP contribution in [0.15, 0.2) is 24.4 Å².